The Morgan fingerprint density at radius 1 is 1.28 bits per heavy atom. The minimum absolute atomic E-state index is 0.00690. The van der Waals surface area contributed by atoms with Gasteiger partial charge < -0.3 is 9.42 Å². The Bertz CT molecular complexity index is 986. The van der Waals surface area contributed by atoms with E-state index in [9.17, 15) is 4.79 Å². The van der Waals surface area contributed by atoms with Gasteiger partial charge in [0.2, 0.25) is 0 Å². The third-order valence-electron chi connectivity index (χ3n) is 5.24. The molecule has 1 fully saturated rings. The van der Waals surface area contributed by atoms with E-state index in [0.717, 1.165) is 54.9 Å². The zero-order valence-corrected chi connectivity index (χ0v) is 16.8. The number of hydrogen-bond donors (Lipinski definition) is 0. The molecule has 0 saturated carbocycles. The molecular formula is C22H25N5O2. The van der Waals surface area contributed by atoms with E-state index in [4.69, 9.17) is 9.51 Å². The van der Waals surface area contributed by atoms with Crippen LogP contribution in [0.3, 0.4) is 0 Å². The van der Waals surface area contributed by atoms with Gasteiger partial charge in [0, 0.05) is 43.2 Å². The van der Waals surface area contributed by atoms with Crippen LogP contribution in [-0.4, -0.2) is 37.5 Å². The normalized spacial score (nSPS) is 16.8. The van der Waals surface area contributed by atoms with Crippen LogP contribution in [0.4, 0.5) is 0 Å². The maximum atomic E-state index is 13.3. The van der Waals surface area contributed by atoms with Crippen molar-refractivity contribution >= 4 is 5.91 Å². The lowest BCUT2D eigenvalue weighted by Gasteiger charge is -2.36. The van der Waals surface area contributed by atoms with Gasteiger partial charge in [-0.05, 0) is 44.7 Å². The van der Waals surface area contributed by atoms with Crippen molar-refractivity contribution in [1.29, 1.82) is 0 Å². The molecule has 29 heavy (non-hydrogen) atoms. The number of piperidine rings is 1. The molecule has 3 aromatic heterocycles. The standard InChI is InChI=1S/C22H25N5O2/c1-3-6-20-24-14-17(19-13-15(2)26-29-19)21(25-20)18-7-4-5-12-27(18)22(28)16-8-10-23-11-9-16/h8-11,13-14,18H,3-7,12H2,1-2H3/t18-/m1/s1. The van der Waals surface area contributed by atoms with Crippen molar-refractivity contribution in [3.63, 3.8) is 0 Å². The highest BCUT2D eigenvalue weighted by molar-refractivity contribution is 5.94. The number of aromatic nitrogens is 4. The summed E-state index contributed by atoms with van der Waals surface area (Å²) in [6.45, 7) is 4.70. The maximum Gasteiger partial charge on any atom is 0.254 e. The van der Waals surface area contributed by atoms with E-state index < -0.39 is 0 Å². The second-order valence-corrected chi connectivity index (χ2v) is 7.41. The summed E-state index contributed by atoms with van der Waals surface area (Å²) in [5, 5.41) is 4.02. The molecular weight excluding hydrogens is 366 g/mol. The van der Waals surface area contributed by atoms with Gasteiger partial charge in [0.15, 0.2) is 5.76 Å². The first-order valence-corrected chi connectivity index (χ1v) is 10.2. The van der Waals surface area contributed by atoms with Crippen LogP contribution in [0.1, 0.15) is 66.2 Å². The Hall–Kier alpha value is -3.09. The topological polar surface area (TPSA) is 85.0 Å². The van der Waals surface area contributed by atoms with E-state index in [1.54, 1.807) is 24.5 Å². The highest BCUT2D eigenvalue weighted by Gasteiger charge is 2.32. The Kier molecular flexibility index (Phi) is 5.64. The van der Waals surface area contributed by atoms with Gasteiger partial charge in [-0.15, -0.1) is 0 Å². The monoisotopic (exact) mass is 391 g/mol. The summed E-state index contributed by atoms with van der Waals surface area (Å²) in [4.78, 5) is 28.6. The van der Waals surface area contributed by atoms with E-state index in [0.29, 0.717) is 17.9 Å². The van der Waals surface area contributed by atoms with Crippen molar-refractivity contribution in [2.45, 2.75) is 52.0 Å². The second kappa shape index (κ2) is 8.51. The van der Waals surface area contributed by atoms with Gasteiger partial charge >= 0.3 is 0 Å². The number of nitrogens with zero attached hydrogens (tertiary/aromatic N) is 5. The molecule has 1 saturated heterocycles. The molecule has 0 radical (unpaired) electrons. The number of likely N-dealkylation sites (tertiary alicyclic amines) is 1. The van der Waals surface area contributed by atoms with Crippen LogP contribution in [-0.2, 0) is 6.42 Å². The molecule has 0 unspecified atom stereocenters. The summed E-state index contributed by atoms with van der Waals surface area (Å²) in [5.74, 6) is 1.44. The van der Waals surface area contributed by atoms with Crippen LogP contribution in [0.15, 0.2) is 41.3 Å². The molecule has 1 amide bonds. The average molecular weight is 391 g/mol. The van der Waals surface area contributed by atoms with Gasteiger partial charge in [-0.3, -0.25) is 9.78 Å². The molecule has 0 aromatic carbocycles. The van der Waals surface area contributed by atoms with E-state index in [1.165, 1.54) is 0 Å². The summed E-state index contributed by atoms with van der Waals surface area (Å²) < 4.78 is 5.52. The molecule has 7 nitrogen and oxygen atoms in total. The van der Waals surface area contributed by atoms with Crippen molar-refractivity contribution < 1.29 is 9.32 Å². The number of pyridine rings is 1. The summed E-state index contributed by atoms with van der Waals surface area (Å²) in [5.41, 5.74) is 3.11. The van der Waals surface area contributed by atoms with Gasteiger partial charge in [0.05, 0.1) is 23.0 Å². The van der Waals surface area contributed by atoms with Crippen LogP contribution in [0.5, 0.6) is 0 Å². The van der Waals surface area contributed by atoms with E-state index in [1.807, 2.05) is 24.1 Å². The lowest BCUT2D eigenvalue weighted by atomic mass is 9.94. The molecule has 0 bridgehead atoms. The van der Waals surface area contributed by atoms with Gasteiger partial charge in [-0.25, -0.2) is 9.97 Å². The fourth-order valence-corrected chi connectivity index (χ4v) is 3.83. The molecule has 4 heterocycles. The summed E-state index contributed by atoms with van der Waals surface area (Å²) in [6, 6.07) is 5.29. The SMILES string of the molecule is CCCc1ncc(-c2cc(C)no2)c([C@H]2CCCCN2C(=O)c2ccncc2)n1. The highest BCUT2D eigenvalue weighted by Crippen LogP contribution is 2.36. The summed E-state index contributed by atoms with van der Waals surface area (Å²) in [7, 11) is 0. The van der Waals surface area contributed by atoms with Crippen LogP contribution >= 0.6 is 0 Å². The lowest BCUT2D eigenvalue weighted by molar-refractivity contribution is 0.0606. The Morgan fingerprint density at radius 2 is 2.10 bits per heavy atom. The van der Waals surface area contributed by atoms with Crippen LogP contribution in [0, 0.1) is 6.92 Å². The highest BCUT2D eigenvalue weighted by atomic mass is 16.5. The molecule has 150 valence electrons. The number of amides is 1. The van der Waals surface area contributed by atoms with E-state index in [2.05, 4.69) is 22.0 Å². The minimum Gasteiger partial charge on any atom is -0.356 e. The predicted molar refractivity (Wildman–Crippen MR) is 108 cm³/mol. The number of aryl methyl sites for hydroxylation is 2. The maximum absolute atomic E-state index is 13.3. The van der Waals surface area contributed by atoms with Crippen LogP contribution < -0.4 is 0 Å². The molecule has 0 aliphatic carbocycles. The van der Waals surface area contributed by atoms with Crippen molar-refractivity contribution in [2.75, 3.05) is 6.54 Å². The Morgan fingerprint density at radius 3 is 2.83 bits per heavy atom. The summed E-state index contributed by atoms with van der Waals surface area (Å²) >= 11 is 0. The molecule has 1 aliphatic heterocycles. The minimum atomic E-state index is -0.122. The quantitative estimate of drug-likeness (QED) is 0.649. The van der Waals surface area contributed by atoms with Crippen LogP contribution in [0.2, 0.25) is 0 Å². The first-order valence-electron chi connectivity index (χ1n) is 10.2. The van der Waals surface area contributed by atoms with Crippen molar-refractivity contribution in [1.82, 2.24) is 25.0 Å². The van der Waals surface area contributed by atoms with Crippen molar-refractivity contribution in [2.24, 2.45) is 0 Å². The van der Waals surface area contributed by atoms with Gasteiger partial charge in [-0.1, -0.05) is 12.1 Å². The Balaban J connectivity index is 1.77. The first-order chi connectivity index (χ1) is 14.2. The zero-order valence-electron chi connectivity index (χ0n) is 16.8. The number of carbonyl (C=O) groups excluding carboxylic acids is 1. The molecule has 1 aliphatic rings. The molecule has 3 aromatic rings. The zero-order chi connectivity index (χ0) is 20.2. The van der Waals surface area contributed by atoms with Crippen LogP contribution in [0.25, 0.3) is 11.3 Å². The number of rotatable bonds is 5. The third-order valence-corrected chi connectivity index (χ3v) is 5.24. The Labute approximate surface area is 170 Å². The average Bonchev–Trinajstić information content (AvgIpc) is 3.20. The molecule has 0 spiro atoms. The van der Waals surface area contributed by atoms with Gasteiger partial charge in [-0.2, -0.15) is 0 Å². The predicted octanol–water partition coefficient (Wildman–Crippen LogP) is 4.15. The van der Waals surface area contributed by atoms with Gasteiger partial charge in [0.1, 0.15) is 5.82 Å². The first kappa shape index (κ1) is 19.2. The third kappa shape index (κ3) is 4.04. The fourth-order valence-electron chi connectivity index (χ4n) is 3.83. The second-order valence-electron chi connectivity index (χ2n) is 7.41. The molecule has 4 rings (SSSR count). The van der Waals surface area contributed by atoms with Crippen molar-refractivity contribution in [3.8, 4) is 11.3 Å². The lowest BCUT2D eigenvalue weighted by Crippen LogP contribution is -2.39. The summed E-state index contributed by atoms with van der Waals surface area (Å²) in [6.07, 6.45) is 9.77. The number of hydrogen-bond acceptors (Lipinski definition) is 6. The van der Waals surface area contributed by atoms with Gasteiger partial charge in [0.25, 0.3) is 5.91 Å². The molecule has 1 atom stereocenters. The molecule has 7 heteroatoms. The fraction of sp³-hybridized carbons (Fsp3) is 0.409. The smallest absolute Gasteiger partial charge is 0.254 e. The van der Waals surface area contributed by atoms with E-state index in [-0.39, 0.29) is 11.9 Å². The van der Waals surface area contributed by atoms with Crippen molar-refractivity contribution in [3.05, 3.63) is 59.6 Å². The largest absolute Gasteiger partial charge is 0.356 e. The molecule has 0 N–H and O–H groups in total. The van der Waals surface area contributed by atoms with E-state index >= 15 is 0 Å². The number of carbonyl (C=O) groups is 1.